The highest BCUT2D eigenvalue weighted by molar-refractivity contribution is 4.91. The third kappa shape index (κ3) is 0.608. The molecule has 1 aliphatic rings. The molecule has 1 aliphatic heterocycles. The van der Waals surface area contributed by atoms with Crippen molar-refractivity contribution in [3.63, 3.8) is 0 Å². The van der Waals surface area contributed by atoms with E-state index in [-0.39, 0.29) is 6.54 Å². The molecule has 1 fully saturated rings. The lowest BCUT2D eigenvalue weighted by molar-refractivity contribution is -0.0880. The Morgan fingerprint density at radius 3 is 2.14 bits per heavy atom. The van der Waals surface area contributed by atoms with E-state index in [0.29, 0.717) is 0 Å². The van der Waals surface area contributed by atoms with Gasteiger partial charge in [-0.25, -0.2) is 8.78 Å². The summed E-state index contributed by atoms with van der Waals surface area (Å²) >= 11 is 0. The third-order valence-electron chi connectivity index (χ3n) is 1.28. The average molecular weight is 107 g/mol. The molecule has 1 atom stereocenters. The summed E-state index contributed by atoms with van der Waals surface area (Å²) in [5, 5.41) is 2.55. The zero-order valence-electron chi connectivity index (χ0n) is 4.04. The van der Waals surface area contributed by atoms with Crippen LogP contribution in [0.4, 0.5) is 8.78 Å². The molecule has 0 bridgehead atoms. The number of hydrogen-bond donors (Lipinski definition) is 1. The highest BCUT2D eigenvalue weighted by Gasteiger charge is 2.44. The summed E-state index contributed by atoms with van der Waals surface area (Å²) in [5.41, 5.74) is 0. The minimum atomic E-state index is -2.43. The van der Waals surface area contributed by atoms with Crippen LogP contribution >= 0.6 is 0 Å². The Hall–Kier alpha value is -0.180. The Morgan fingerprint density at radius 1 is 1.71 bits per heavy atom. The van der Waals surface area contributed by atoms with E-state index in [0.717, 1.165) is 0 Å². The fourth-order valence-corrected chi connectivity index (χ4v) is 0.460. The summed E-state index contributed by atoms with van der Waals surface area (Å²) in [6, 6.07) is -0.604. The van der Waals surface area contributed by atoms with E-state index < -0.39 is 12.0 Å². The molecule has 1 saturated heterocycles. The zero-order chi connectivity index (χ0) is 5.49. The molecule has 1 nitrogen and oxygen atoms in total. The normalized spacial score (nSPS) is 37.3. The van der Waals surface area contributed by atoms with Gasteiger partial charge >= 0.3 is 0 Å². The van der Waals surface area contributed by atoms with Crippen molar-refractivity contribution in [3.8, 4) is 0 Å². The smallest absolute Gasteiger partial charge is 0.274 e. The van der Waals surface area contributed by atoms with E-state index in [9.17, 15) is 8.78 Å². The second-order valence-corrected chi connectivity index (χ2v) is 1.86. The summed E-state index contributed by atoms with van der Waals surface area (Å²) in [4.78, 5) is 0. The second kappa shape index (κ2) is 1.15. The van der Waals surface area contributed by atoms with Crippen molar-refractivity contribution in [1.29, 1.82) is 0 Å². The quantitative estimate of drug-likeness (QED) is 0.478. The largest absolute Gasteiger partial charge is 0.303 e. The highest BCUT2D eigenvalue weighted by atomic mass is 19.3. The van der Waals surface area contributed by atoms with Crippen LogP contribution in [0.1, 0.15) is 6.92 Å². The van der Waals surface area contributed by atoms with Crippen LogP contribution in [0, 0.1) is 0 Å². The Kier molecular flexibility index (Phi) is 0.819. The first-order valence-electron chi connectivity index (χ1n) is 2.24. The molecule has 0 amide bonds. The lowest BCUT2D eigenvalue weighted by atomic mass is 10.1. The number of halogens is 2. The standard InChI is InChI=1S/C4H7F2N/c1-3-4(5,6)2-7-3/h3,7H,2H2,1H3. The van der Waals surface area contributed by atoms with Crippen LogP contribution in [-0.2, 0) is 0 Å². The lowest BCUT2D eigenvalue weighted by Gasteiger charge is -2.34. The Bertz CT molecular complexity index is 81.8. The molecule has 42 valence electrons. The Labute approximate surface area is 40.7 Å². The predicted octanol–water partition coefficient (Wildman–Crippen LogP) is 0.613. The number of nitrogens with one attached hydrogen (secondary N) is 1. The molecule has 0 aromatic rings. The molecule has 1 unspecified atom stereocenters. The van der Waals surface area contributed by atoms with E-state index in [2.05, 4.69) is 5.32 Å². The summed E-state index contributed by atoms with van der Waals surface area (Å²) in [5.74, 6) is -2.43. The van der Waals surface area contributed by atoms with Gasteiger partial charge in [-0.15, -0.1) is 0 Å². The molecule has 7 heavy (non-hydrogen) atoms. The Morgan fingerprint density at radius 2 is 2.14 bits per heavy atom. The third-order valence-corrected chi connectivity index (χ3v) is 1.28. The van der Waals surface area contributed by atoms with Gasteiger partial charge in [0.25, 0.3) is 5.92 Å². The maximum absolute atomic E-state index is 11.9. The maximum atomic E-state index is 11.9. The van der Waals surface area contributed by atoms with Crippen LogP contribution in [0.15, 0.2) is 0 Å². The molecular weight excluding hydrogens is 100 g/mol. The summed E-state index contributed by atoms with van der Waals surface area (Å²) < 4.78 is 23.7. The average Bonchev–Trinajstić information content (AvgIpc) is 1.63. The van der Waals surface area contributed by atoms with Gasteiger partial charge in [-0.2, -0.15) is 0 Å². The van der Waals surface area contributed by atoms with Crippen molar-refractivity contribution in [2.75, 3.05) is 6.54 Å². The molecular formula is C4H7F2N. The molecule has 0 spiro atoms. The summed E-state index contributed by atoms with van der Waals surface area (Å²) in [6.07, 6.45) is 0. The Balaban J connectivity index is 2.43. The van der Waals surface area contributed by atoms with Crippen LogP contribution in [0.5, 0.6) is 0 Å². The minimum absolute atomic E-state index is 0.145. The first-order chi connectivity index (χ1) is 3.13. The highest BCUT2D eigenvalue weighted by Crippen LogP contribution is 2.24. The van der Waals surface area contributed by atoms with E-state index in [4.69, 9.17) is 0 Å². The molecule has 0 aromatic carbocycles. The molecule has 3 heteroatoms. The first kappa shape index (κ1) is 4.97. The van der Waals surface area contributed by atoms with Gasteiger partial charge in [0.2, 0.25) is 0 Å². The monoisotopic (exact) mass is 107 g/mol. The van der Waals surface area contributed by atoms with Crippen LogP contribution < -0.4 is 5.32 Å². The second-order valence-electron chi connectivity index (χ2n) is 1.86. The van der Waals surface area contributed by atoms with Crippen molar-refractivity contribution in [2.24, 2.45) is 0 Å². The van der Waals surface area contributed by atoms with E-state index in [1.807, 2.05) is 0 Å². The fraction of sp³-hybridized carbons (Fsp3) is 1.00. The van der Waals surface area contributed by atoms with Gasteiger partial charge < -0.3 is 5.32 Å². The van der Waals surface area contributed by atoms with Crippen molar-refractivity contribution in [2.45, 2.75) is 18.9 Å². The topological polar surface area (TPSA) is 12.0 Å². The molecule has 0 saturated carbocycles. The molecule has 0 aromatic heterocycles. The van der Waals surface area contributed by atoms with Gasteiger partial charge in [0.15, 0.2) is 0 Å². The number of alkyl halides is 2. The van der Waals surface area contributed by atoms with Gasteiger partial charge in [-0.1, -0.05) is 0 Å². The molecule has 1 rings (SSSR count). The van der Waals surface area contributed by atoms with Crippen LogP contribution in [0.25, 0.3) is 0 Å². The van der Waals surface area contributed by atoms with Gasteiger partial charge in [-0.3, -0.25) is 0 Å². The van der Waals surface area contributed by atoms with Crippen molar-refractivity contribution in [3.05, 3.63) is 0 Å². The van der Waals surface area contributed by atoms with Crippen molar-refractivity contribution in [1.82, 2.24) is 5.32 Å². The van der Waals surface area contributed by atoms with Crippen molar-refractivity contribution >= 4 is 0 Å². The predicted molar refractivity (Wildman–Crippen MR) is 22.4 cm³/mol. The zero-order valence-corrected chi connectivity index (χ0v) is 4.04. The summed E-state index contributed by atoms with van der Waals surface area (Å²) in [6.45, 7) is 1.33. The SMILES string of the molecule is CC1NCC1(F)F. The van der Waals surface area contributed by atoms with Crippen molar-refractivity contribution < 1.29 is 8.78 Å². The van der Waals surface area contributed by atoms with E-state index >= 15 is 0 Å². The molecule has 1 N–H and O–H groups in total. The fourth-order valence-electron chi connectivity index (χ4n) is 0.460. The lowest BCUT2D eigenvalue weighted by Crippen LogP contribution is -2.60. The number of hydrogen-bond acceptors (Lipinski definition) is 1. The van der Waals surface area contributed by atoms with Gasteiger partial charge in [-0.05, 0) is 6.92 Å². The first-order valence-corrected chi connectivity index (χ1v) is 2.24. The summed E-state index contributed by atoms with van der Waals surface area (Å²) in [7, 11) is 0. The van der Waals surface area contributed by atoms with Crippen LogP contribution in [0.3, 0.4) is 0 Å². The van der Waals surface area contributed by atoms with Gasteiger partial charge in [0, 0.05) is 0 Å². The molecule has 0 aliphatic carbocycles. The van der Waals surface area contributed by atoms with Gasteiger partial charge in [0.05, 0.1) is 12.6 Å². The van der Waals surface area contributed by atoms with Crippen LogP contribution in [-0.4, -0.2) is 18.5 Å². The van der Waals surface area contributed by atoms with Gasteiger partial charge in [0.1, 0.15) is 0 Å². The molecule has 1 heterocycles. The van der Waals surface area contributed by atoms with Crippen LogP contribution in [0.2, 0.25) is 0 Å². The van der Waals surface area contributed by atoms with E-state index in [1.165, 1.54) is 6.92 Å². The number of rotatable bonds is 0. The van der Waals surface area contributed by atoms with E-state index in [1.54, 1.807) is 0 Å². The minimum Gasteiger partial charge on any atom is -0.303 e. The maximum Gasteiger partial charge on any atom is 0.274 e. The molecule has 0 radical (unpaired) electrons.